The van der Waals surface area contributed by atoms with Gasteiger partial charge in [0.25, 0.3) is 0 Å². The van der Waals surface area contributed by atoms with E-state index in [-0.39, 0.29) is 13.2 Å². The van der Waals surface area contributed by atoms with Crippen LogP contribution in [0.15, 0.2) is 28.7 Å². The third-order valence-electron chi connectivity index (χ3n) is 1.18. The molecule has 0 saturated carbocycles. The van der Waals surface area contributed by atoms with Gasteiger partial charge < -0.3 is 4.74 Å². The molecule has 0 fully saturated rings. The van der Waals surface area contributed by atoms with Gasteiger partial charge in [-0.05, 0) is 28.1 Å². The molecule has 1 aromatic carbocycles. The van der Waals surface area contributed by atoms with Gasteiger partial charge in [0.1, 0.15) is 19.0 Å². The number of hydrogen-bond acceptors (Lipinski definition) is 1. The third-order valence-corrected chi connectivity index (χ3v) is 1.83. The van der Waals surface area contributed by atoms with Gasteiger partial charge in [0, 0.05) is 0 Å². The summed E-state index contributed by atoms with van der Waals surface area (Å²) in [6.45, 7) is 0.0178. The minimum atomic E-state index is -0.207. The van der Waals surface area contributed by atoms with E-state index in [0.717, 1.165) is 10.2 Å². The molecule has 0 aliphatic heterocycles. The molecule has 3 heteroatoms. The number of rotatable bonds is 3. The molecule has 0 N–H and O–H groups in total. The molecule has 1 radical (unpaired) electrons. The summed E-state index contributed by atoms with van der Waals surface area (Å²) >= 11 is 3.30. The minimum absolute atomic E-state index is 0.207. The number of ether oxygens (including phenoxy) is 1. The van der Waals surface area contributed by atoms with Crippen molar-refractivity contribution >= 4 is 15.9 Å². The van der Waals surface area contributed by atoms with Crippen LogP contribution < -0.4 is 4.74 Å². The van der Waals surface area contributed by atoms with Gasteiger partial charge in [0.05, 0.1) is 4.47 Å². The fourth-order valence-corrected chi connectivity index (χ4v) is 1.11. The summed E-state index contributed by atoms with van der Waals surface area (Å²) in [4.78, 5) is 0. The first kappa shape index (κ1) is 8.56. The molecule has 11 heavy (non-hydrogen) atoms. The lowest BCUT2D eigenvalue weighted by Crippen LogP contribution is -2.00. The van der Waals surface area contributed by atoms with Crippen LogP contribution in [0.2, 0.25) is 0 Å². The molecule has 0 bridgehead atoms. The lowest BCUT2D eigenvalue weighted by molar-refractivity contribution is 0.138. The Bertz CT molecular complexity index is 225. The molecule has 0 unspecified atom stereocenters. The first-order chi connectivity index (χ1) is 5.34. The molecule has 0 heterocycles. The van der Waals surface area contributed by atoms with Crippen molar-refractivity contribution in [2.24, 2.45) is 0 Å². The molecule has 0 spiro atoms. The van der Waals surface area contributed by atoms with Crippen molar-refractivity contribution in [1.29, 1.82) is 0 Å². The summed E-state index contributed by atoms with van der Waals surface area (Å²) < 4.78 is 6.01. The molecule has 0 aliphatic rings. The van der Waals surface area contributed by atoms with Crippen molar-refractivity contribution in [1.82, 2.24) is 0 Å². The van der Waals surface area contributed by atoms with E-state index in [1.807, 2.05) is 24.3 Å². The smallest absolute Gasteiger partial charge is 0.133 e. The summed E-state index contributed by atoms with van der Waals surface area (Å²) in [5.41, 5.74) is 0. The summed E-state index contributed by atoms with van der Waals surface area (Å²) in [6.07, 6.45) is 0. The second-order valence-electron chi connectivity index (χ2n) is 1.98. The molecule has 1 aromatic rings. The highest BCUT2D eigenvalue weighted by molar-refractivity contribution is 9.10. The van der Waals surface area contributed by atoms with E-state index in [1.165, 1.54) is 0 Å². The van der Waals surface area contributed by atoms with E-state index >= 15 is 0 Å². The SMILES string of the molecule is [O]CCOc1ccccc1Br. The molecule has 0 aliphatic carbocycles. The van der Waals surface area contributed by atoms with Crippen LogP contribution in [0.1, 0.15) is 0 Å². The van der Waals surface area contributed by atoms with Gasteiger partial charge in [-0.25, -0.2) is 5.11 Å². The van der Waals surface area contributed by atoms with Crippen LogP contribution in [0.4, 0.5) is 0 Å². The second-order valence-corrected chi connectivity index (χ2v) is 2.84. The Kier molecular flexibility index (Phi) is 3.39. The summed E-state index contributed by atoms with van der Waals surface area (Å²) in [5.74, 6) is 0.725. The standard InChI is InChI=1S/C8H8BrO2/c9-7-3-1-2-4-8(7)11-6-5-10/h1-4H,5-6H2. The Morgan fingerprint density at radius 2 is 2.09 bits per heavy atom. The maximum Gasteiger partial charge on any atom is 0.133 e. The van der Waals surface area contributed by atoms with Crippen LogP contribution in [0, 0.1) is 0 Å². The molecule has 0 saturated heterocycles. The van der Waals surface area contributed by atoms with Crippen molar-refractivity contribution in [3.05, 3.63) is 28.7 Å². The van der Waals surface area contributed by atoms with Crippen LogP contribution in [0.5, 0.6) is 5.75 Å². The zero-order valence-electron chi connectivity index (χ0n) is 5.92. The fraction of sp³-hybridized carbons (Fsp3) is 0.250. The zero-order chi connectivity index (χ0) is 8.10. The second kappa shape index (κ2) is 4.36. The maximum absolute atomic E-state index is 10.1. The minimum Gasteiger partial charge on any atom is -0.490 e. The molecule has 0 amide bonds. The van der Waals surface area contributed by atoms with Crippen molar-refractivity contribution in [2.75, 3.05) is 13.2 Å². The maximum atomic E-state index is 10.1. The number of para-hydroxylation sites is 1. The Hall–Kier alpha value is -0.540. The Labute approximate surface area is 73.9 Å². The van der Waals surface area contributed by atoms with Gasteiger partial charge in [-0.2, -0.15) is 0 Å². The largest absolute Gasteiger partial charge is 0.490 e. The first-order valence-electron chi connectivity index (χ1n) is 3.30. The van der Waals surface area contributed by atoms with Crippen LogP contribution in [-0.2, 0) is 5.11 Å². The number of benzene rings is 1. The fourth-order valence-electron chi connectivity index (χ4n) is 0.713. The van der Waals surface area contributed by atoms with Gasteiger partial charge in [-0.15, -0.1) is 0 Å². The van der Waals surface area contributed by atoms with Crippen molar-refractivity contribution in [3.8, 4) is 5.75 Å². The topological polar surface area (TPSA) is 29.1 Å². The highest BCUT2D eigenvalue weighted by atomic mass is 79.9. The lowest BCUT2D eigenvalue weighted by Gasteiger charge is -2.04. The Morgan fingerprint density at radius 3 is 2.73 bits per heavy atom. The molecule has 2 nitrogen and oxygen atoms in total. The van der Waals surface area contributed by atoms with E-state index in [0.29, 0.717) is 0 Å². The van der Waals surface area contributed by atoms with Gasteiger partial charge in [0.2, 0.25) is 0 Å². The molecular weight excluding hydrogens is 208 g/mol. The van der Waals surface area contributed by atoms with Crippen LogP contribution in [0.3, 0.4) is 0 Å². The number of hydrogen-bond donors (Lipinski definition) is 0. The molecule has 0 atom stereocenters. The third kappa shape index (κ3) is 2.52. The van der Waals surface area contributed by atoms with E-state index in [1.54, 1.807) is 0 Å². The predicted octanol–water partition coefficient (Wildman–Crippen LogP) is 2.26. The van der Waals surface area contributed by atoms with Gasteiger partial charge in [0.15, 0.2) is 0 Å². The summed E-state index contributed by atoms with van der Waals surface area (Å²) in [5, 5.41) is 10.1. The quantitative estimate of drug-likeness (QED) is 0.761. The monoisotopic (exact) mass is 215 g/mol. The predicted molar refractivity (Wildman–Crippen MR) is 45.2 cm³/mol. The van der Waals surface area contributed by atoms with E-state index in [2.05, 4.69) is 15.9 Å². The molecule has 59 valence electrons. The highest BCUT2D eigenvalue weighted by Gasteiger charge is 1.96. The van der Waals surface area contributed by atoms with Crippen molar-refractivity contribution < 1.29 is 9.84 Å². The van der Waals surface area contributed by atoms with Gasteiger partial charge >= 0.3 is 0 Å². The normalized spacial score (nSPS) is 9.64. The van der Waals surface area contributed by atoms with Crippen LogP contribution >= 0.6 is 15.9 Å². The van der Waals surface area contributed by atoms with Crippen LogP contribution in [-0.4, -0.2) is 13.2 Å². The molecular formula is C8H8BrO2. The Balaban J connectivity index is 2.62. The molecule has 0 aromatic heterocycles. The highest BCUT2D eigenvalue weighted by Crippen LogP contribution is 2.23. The van der Waals surface area contributed by atoms with Crippen molar-refractivity contribution in [2.45, 2.75) is 0 Å². The van der Waals surface area contributed by atoms with E-state index in [9.17, 15) is 5.11 Å². The lowest BCUT2D eigenvalue weighted by atomic mass is 10.3. The first-order valence-corrected chi connectivity index (χ1v) is 4.09. The van der Waals surface area contributed by atoms with E-state index in [4.69, 9.17) is 4.74 Å². The van der Waals surface area contributed by atoms with E-state index < -0.39 is 0 Å². The summed E-state index contributed by atoms with van der Waals surface area (Å²) in [6, 6.07) is 7.46. The summed E-state index contributed by atoms with van der Waals surface area (Å²) in [7, 11) is 0. The zero-order valence-corrected chi connectivity index (χ0v) is 7.50. The van der Waals surface area contributed by atoms with Gasteiger partial charge in [-0.1, -0.05) is 12.1 Å². The average molecular weight is 216 g/mol. The number of halogens is 1. The van der Waals surface area contributed by atoms with Crippen LogP contribution in [0.25, 0.3) is 0 Å². The molecule has 1 rings (SSSR count). The van der Waals surface area contributed by atoms with Gasteiger partial charge in [-0.3, -0.25) is 0 Å². The average Bonchev–Trinajstić information content (AvgIpc) is 2.03. The van der Waals surface area contributed by atoms with Crippen molar-refractivity contribution in [3.63, 3.8) is 0 Å². The Morgan fingerprint density at radius 1 is 1.36 bits per heavy atom.